The van der Waals surface area contributed by atoms with Gasteiger partial charge in [0.15, 0.2) is 0 Å². The van der Waals surface area contributed by atoms with E-state index in [2.05, 4.69) is 10.5 Å². The van der Waals surface area contributed by atoms with Gasteiger partial charge in [-0.1, -0.05) is 5.16 Å². The Morgan fingerprint density at radius 3 is 3.21 bits per heavy atom. The number of aliphatic hydroxyl groups excluding tert-OH is 1. The van der Waals surface area contributed by atoms with Crippen LogP contribution in [0, 0.1) is 6.92 Å². The molecular weight excluding hydrogens is 186 g/mol. The number of nitrogens with one attached hydrogen (secondary N) is 1. The fraction of sp³-hybridized carbons (Fsp3) is 0.500. The van der Waals surface area contributed by atoms with Crippen molar-refractivity contribution >= 4 is 11.9 Å². The third-order valence-electron chi connectivity index (χ3n) is 2.14. The van der Waals surface area contributed by atoms with Crippen molar-refractivity contribution in [3.63, 3.8) is 0 Å². The highest BCUT2D eigenvalue weighted by Gasteiger charge is 2.33. The normalized spacial score (nSPS) is 21.4. The van der Waals surface area contributed by atoms with Gasteiger partial charge < -0.3 is 14.9 Å². The summed E-state index contributed by atoms with van der Waals surface area (Å²) in [6, 6.07) is 1.13. The van der Waals surface area contributed by atoms with Crippen LogP contribution in [0.4, 0.5) is 10.7 Å². The van der Waals surface area contributed by atoms with E-state index < -0.39 is 0 Å². The number of aryl methyl sites for hydroxylation is 1. The van der Waals surface area contributed by atoms with Gasteiger partial charge >= 0.3 is 6.03 Å². The fourth-order valence-electron chi connectivity index (χ4n) is 1.44. The summed E-state index contributed by atoms with van der Waals surface area (Å²) < 4.78 is 4.95. The maximum Gasteiger partial charge on any atom is 0.324 e. The molecule has 0 radical (unpaired) electrons. The van der Waals surface area contributed by atoms with Crippen molar-refractivity contribution in [3.05, 3.63) is 11.8 Å². The molecule has 2 N–H and O–H groups in total. The zero-order valence-corrected chi connectivity index (χ0v) is 7.73. The minimum atomic E-state index is -0.269. The number of hydrogen-bond donors (Lipinski definition) is 2. The van der Waals surface area contributed by atoms with E-state index in [1.54, 1.807) is 13.0 Å². The van der Waals surface area contributed by atoms with Crippen LogP contribution in [0.3, 0.4) is 0 Å². The third kappa shape index (κ3) is 1.33. The van der Waals surface area contributed by atoms with Crippen molar-refractivity contribution < 1.29 is 14.4 Å². The average molecular weight is 197 g/mol. The van der Waals surface area contributed by atoms with Gasteiger partial charge in [0.2, 0.25) is 5.88 Å². The lowest BCUT2D eigenvalue weighted by Crippen LogP contribution is -2.36. The van der Waals surface area contributed by atoms with Gasteiger partial charge in [0, 0.05) is 12.6 Å². The van der Waals surface area contributed by atoms with Gasteiger partial charge in [-0.25, -0.2) is 4.79 Å². The van der Waals surface area contributed by atoms with Gasteiger partial charge in [0.05, 0.1) is 18.3 Å². The number of amides is 2. The molecule has 1 atom stereocenters. The second-order valence-electron chi connectivity index (χ2n) is 3.20. The highest BCUT2D eigenvalue weighted by molar-refractivity contribution is 5.93. The van der Waals surface area contributed by atoms with Crippen LogP contribution in [0.2, 0.25) is 0 Å². The van der Waals surface area contributed by atoms with Crippen molar-refractivity contribution in [1.82, 2.24) is 10.5 Å². The molecule has 1 fully saturated rings. The van der Waals surface area contributed by atoms with Crippen molar-refractivity contribution in [3.8, 4) is 0 Å². The van der Waals surface area contributed by atoms with Crippen LogP contribution in [-0.2, 0) is 0 Å². The monoisotopic (exact) mass is 197 g/mol. The number of anilines is 1. The van der Waals surface area contributed by atoms with E-state index >= 15 is 0 Å². The van der Waals surface area contributed by atoms with Gasteiger partial charge in [-0.15, -0.1) is 0 Å². The molecule has 1 aromatic rings. The molecule has 2 rings (SSSR count). The molecule has 0 saturated carbocycles. The molecule has 14 heavy (non-hydrogen) atoms. The van der Waals surface area contributed by atoms with Crippen LogP contribution in [0.25, 0.3) is 0 Å². The fourth-order valence-corrected chi connectivity index (χ4v) is 1.44. The number of aliphatic hydroxyl groups is 1. The molecule has 1 saturated heterocycles. The predicted octanol–water partition coefficient (Wildman–Crippen LogP) is -0.126. The molecule has 76 valence electrons. The van der Waals surface area contributed by atoms with Crippen LogP contribution < -0.4 is 10.2 Å². The Labute approximate surface area is 80.5 Å². The minimum absolute atomic E-state index is 0.0987. The van der Waals surface area contributed by atoms with Gasteiger partial charge in [-0.2, -0.15) is 0 Å². The first-order valence-electron chi connectivity index (χ1n) is 4.33. The summed E-state index contributed by atoms with van der Waals surface area (Å²) in [4.78, 5) is 12.7. The van der Waals surface area contributed by atoms with Crippen molar-refractivity contribution in [2.75, 3.05) is 18.1 Å². The SMILES string of the molecule is Cc1cc(N2C(=O)NCC2CO)on1. The van der Waals surface area contributed by atoms with E-state index in [0.717, 1.165) is 0 Å². The molecule has 2 amide bonds. The Hall–Kier alpha value is -1.56. The van der Waals surface area contributed by atoms with E-state index in [1.165, 1.54) is 4.90 Å². The molecule has 1 aliphatic heterocycles. The standard InChI is InChI=1S/C8H11N3O3/c1-5-2-7(14-10-5)11-6(4-12)3-9-8(11)13/h2,6,12H,3-4H2,1H3,(H,9,13). The summed E-state index contributed by atoms with van der Waals surface area (Å²) in [7, 11) is 0. The Morgan fingerprint density at radius 1 is 1.86 bits per heavy atom. The molecular formula is C8H11N3O3. The highest BCUT2D eigenvalue weighted by atomic mass is 16.5. The lowest BCUT2D eigenvalue weighted by atomic mass is 10.3. The van der Waals surface area contributed by atoms with E-state index in [-0.39, 0.29) is 18.7 Å². The third-order valence-corrected chi connectivity index (χ3v) is 2.14. The molecule has 1 aromatic heterocycles. The van der Waals surface area contributed by atoms with Crippen molar-refractivity contribution in [2.24, 2.45) is 0 Å². The van der Waals surface area contributed by atoms with Crippen molar-refractivity contribution in [2.45, 2.75) is 13.0 Å². The first-order valence-corrected chi connectivity index (χ1v) is 4.33. The number of urea groups is 1. The summed E-state index contributed by atoms with van der Waals surface area (Å²) in [5.74, 6) is 0.372. The maximum absolute atomic E-state index is 11.4. The largest absolute Gasteiger partial charge is 0.394 e. The molecule has 0 aliphatic carbocycles. The van der Waals surface area contributed by atoms with Gasteiger partial charge in [-0.05, 0) is 6.92 Å². The van der Waals surface area contributed by atoms with E-state index in [1.807, 2.05) is 0 Å². The lowest BCUT2D eigenvalue weighted by Gasteiger charge is -2.16. The average Bonchev–Trinajstić information content (AvgIpc) is 2.71. The van der Waals surface area contributed by atoms with Crippen LogP contribution in [0.1, 0.15) is 5.69 Å². The van der Waals surface area contributed by atoms with Gasteiger partial charge in [0.1, 0.15) is 0 Å². The number of carbonyl (C=O) groups excluding carboxylic acids is 1. The summed E-state index contributed by atoms with van der Waals surface area (Å²) >= 11 is 0. The van der Waals surface area contributed by atoms with Crippen LogP contribution in [0.5, 0.6) is 0 Å². The predicted molar refractivity (Wildman–Crippen MR) is 48.0 cm³/mol. The summed E-state index contributed by atoms with van der Waals surface area (Å²) in [6.07, 6.45) is 0. The number of rotatable bonds is 2. The second-order valence-corrected chi connectivity index (χ2v) is 3.20. The van der Waals surface area contributed by atoms with Crippen LogP contribution in [-0.4, -0.2) is 35.5 Å². The molecule has 0 bridgehead atoms. The van der Waals surface area contributed by atoms with E-state index in [0.29, 0.717) is 18.1 Å². The lowest BCUT2D eigenvalue weighted by molar-refractivity contribution is 0.244. The Bertz CT molecular complexity index is 349. The molecule has 0 aromatic carbocycles. The molecule has 1 aliphatic rings. The van der Waals surface area contributed by atoms with Crippen LogP contribution in [0.15, 0.2) is 10.6 Å². The zero-order valence-electron chi connectivity index (χ0n) is 7.73. The van der Waals surface area contributed by atoms with E-state index in [4.69, 9.17) is 9.63 Å². The quantitative estimate of drug-likeness (QED) is 0.692. The first-order chi connectivity index (χ1) is 6.72. The number of aromatic nitrogens is 1. The molecule has 0 spiro atoms. The Balaban J connectivity index is 2.27. The van der Waals surface area contributed by atoms with E-state index in [9.17, 15) is 4.79 Å². The molecule has 2 heterocycles. The minimum Gasteiger partial charge on any atom is -0.394 e. The van der Waals surface area contributed by atoms with Crippen LogP contribution >= 0.6 is 0 Å². The van der Waals surface area contributed by atoms with Crippen molar-refractivity contribution in [1.29, 1.82) is 0 Å². The summed E-state index contributed by atoms with van der Waals surface area (Å²) in [5.41, 5.74) is 0.705. The smallest absolute Gasteiger partial charge is 0.324 e. The Kier molecular flexibility index (Phi) is 2.12. The number of nitrogens with zero attached hydrogens (tertiary/aromatic N) is 2. The number of hydrogen-bond acceptors (Lipinski definition) is 4. The molecule has 1 unspecified atom stereocenters. The topological polar surface area (TPSA) is 78.6 Å². The second kappa shape index (κ2) is 3.30. The van der Waals surface area contributed by atoms with Gasteiger partial charge in [0.25, 0.3) is 0 Å². The maximum atomic E-state index is 11.4. The molecule has 6 nitrogen and oxygen atoms in total. The summed E-state index contributed by atoms with van der Waals surface area (Å²) in [6.45, 7) is 2.10. The highest BCUT2D eigenvalue weighted by Crippen LogP contribution is 2.20. The molecule has 6 heteroatoms. The summed E-state index contributed by atoms with van der Waals surface area (Å²) in [5, 5.41) is 15.3. The Morgan fingerprint density at radius 2 is 2.64 bits per heavy atom. The number of carbonyl (C=O) groups is 1. The first kappa shape index (κ1) is 9.01. The zero-order chi connectivity index (χ0) is 10.1. The van der Waals surface area contributed by atoms with Gasteiger partial charge in [-0.3, -0.25) is 4.90 Å².